The molecule has 0 amide bonds. The molecule has 1 nitrogen and oxygen atoms in total. The van der Waals surface area contributed by atoms with Gasteiger partial charge in [-0.25, -0.2) is 0 Å². The maximum absolute atomic E-state index is 11.7. The van der Waals surface area contributed by atoms with Crippen LogP contribution in [0.5, 0.6) is 0 Å². The van der Waals surface area contributed by atoms with Gasteiger partial charge in [-0.05, 0) is 36.5 Å². The Balaban J connectivity index is 2.35. The minimum absolute atomic E-state index is 0.473. The zero-order valence-corrected chi connectivity index (χ0v) is 10.8. The predicted octanol–water partition coefficient (Wildman–Crippen LogP) is 4.21. The number of carbonyl (C=O) groups is 1. The molecule has 88 valence electrons. The maximum Gasteiger partial charge on any atom is 0.133 e. The molecule has 0 aromatic heterocycles. The monoisotopic (exact) mass is 210 g/mol. The SMILES string of the molecule is CC(C)CC(=O)CC1CCCC(C)(C)C1. The molecule has 0 bridgehead atoms. The average molecular weight is 210 g/mol. The molecule has 1 heteroatoms. The van der Waals surface area contributed by atoms with Crippen LogP contribution >= 0.6 is 0 Å². The van der Waals surface area contributed by atoms with E-state index in [0.29, 0.717) is 23.0 Å². The van der Waals surface area contributed by atoms with E-state index in [1.165, 1.54) is 25.7 Å². The summed E-state index contributed by atoms with van der Waals surface area (Å²) in [5.41, 5.74) is 0.473. The van der Waals surface area contributed by atoms with E-state index in [0.717, 1.165) is 12.8 Å². The van der Waals surface area contributed by atoms with Crippen molar-refractivity contribution in [3.8, 4) is 0 Å². The van der Waals surface area contributed by atoms with Gasteiger partial charge >= 0.3 is 0 Å². The second-order valence-electron chi connectivity index (χ2n) is 6.47. The van der Waals surface area contributed by atoms with Gasteiger partial charge in [-0.2, -0.15) is 0 Å². The van der Waals surface area contributed by atoms with Crippen molar-refractivity contribution in [1.29, 1.82) is 0 Å². The summed E-state index contributed by atoms with van der Waals surface area (Å²) in [4.78, 5) is 11.7. The molecule has 0 saturated heterocycles. The summed E-state index contributed by atoms with van der Waals surface area (Å²) in [6.45, 7) is 8.93. The van der Waals surface area contributed by atoms with E-state index in [4.69, 9.17) is 0 Å². The molecule has 0 spiro atoms. The summed E-state index contributed by atoms with van der Waals surface area (Å²) < 4.78 is 0. The van der Waals surface area contributed by atoms with Crippen LogP contribution in [0.1, 0.15) is 66.2 Å². The largest absolute Gasteiger partial charge is 0.300 e. The third-order valence-electron chi connectivity index (χ3n) is 3.46. The molecule has 15 heavy (non-hydrogen) atoms. The lowest BCUT2D eigenvalue weighted by Gasteiger charge is -2.35. The van der Waals surface area contributed by atoms with Crippen LogP contribution in [0.2, 0.25) is 0 Å². The Morgan fingerprint density at radius 2 is 2.07 bits per heavy atom. The lowest BCUT2D eigenvalue weighted by Crippen LogP contribution is -2.24. The van der Waals surface area contributed by atoms with Crippen LogP contribution in [0.25, 0.3) is 0 Å². The summed E-state index contributed by atoms with van der Waals surface area (Å²) in [6, 6.07) is 0. The molecule has 1 aliphatic rings. The molecule has 0 aliphatic heterocycles. The zero-order valence-electron chi connectivity index (χ0n) is 10.8. The minimum Gasteiger partial charge on any atom is -0.300 e. The molecule has 1 fully saturated rings. The third kappa shape index (κ3) is 4.81. The number of hydrogen-bond acceptors (Lipinski definition) is 1. The Bertz CT molecular complexity index is 215. The fourth-order valence-corrected chi connectivity index (χ4v) is 2.89. The highest BCUT2D eigenvalue weighted by molar-refractivity contribution is 5.78. The summed E-state index contributed by atoms with van der Waals surface area (Å²) in [5.74, 6) is 1.67. The van der Waals surface area contributed by atoms with Gasteiger partial charge in [0.05, 0.1) is 0 Å². The van der Waals surface area contributed by atoms with Crippen molar-refractivity contribution in [1.82, 2.24) is 0 Å². The quantitative estimate of drug-likeness (QED) is 0.679. The first kappa shape index (κ1) is 12.7. The lowest BCUT2D eigenvalue weighted by atomic mass is 9.71. The highest BCUT2D eigenvalue weighted by Crippen LogP contribution is 2.40. The van der Waals surface area contributed by atoms with E-state index >= 15 is 0 Å². The van der Waals surface area contributed by atoms with Crippen molar-refractivity contribution in [3.63, 3.8) is 0 Å². The van der Waals surface area contributed by atoms with Gasteiger partial charge in [-0.3, -0.25) is 4.79 Å². The van der Waals surface area contributed by atoms with E-state index in [2.05, 4.69) is 27.7 Å². The minimum atomic E-state index is 0.473. The van der Waals surface area contributed by atoms with E-state index in [1.54, 1.807) is 0 Å². The molecule has 1 rings (SSSR count). The Morgan fingerprint density at radius 3 is 2.60 bits per heavy atom. The Morgan fingerprint density at radius 1 is 1.40 bits per heavy atom. The second kappa shape index (κ2) is 5.14. The first-order chi connectivity index (χ1) is 6.89. The van der Waals surface area contributed by atoms with Crippen LogP contribution in [0, 0.1) is 17.3 Å². The highest BCUT2D eigenvalue weighted by atomic mass is 16.1. The summed E-state index contributed by atoms with van der Waals surface area (Å²) in [7, 11) is 0. The van der Waals surface area contributed by atoms with E-state index in [9.17, 15) is 4.79 Å². The van der Waals surface area contributed by atoms with Crippen LogP contribution in [0.4, 0.5) is 0 Å². The number of rotatable bonds is 4. The molecule has 1 aliphatic carbocycles. The van der Waals surface area contributed by atoms with Gasteiger partial charge in [-0.1, -0.05) is 34.1 Å². The van der Waals surface area contributed by atoms with E-state index in [-0.39, 0.29) is 0 Å². The van der Waals surface area contributed by atoms with Gasteiger partial charge in [0.15, 0.2) is 0 Å². The molecule has 0 aromatic rings. The van der Waals surface area contributed by atoms with Crippen LogP contribution in [0.15, 0.2) is 0 Å². The van der Waals surface area contributed by atoms with Crippen molar-refractivity contribution in [2.45, 2.75) is 66.2 Å². The smallest absolute Gasteiger partial charge is 0.133 e. The van der Waals surface area contributed by atoms with Crippen molar-refractivity contribution in [2.75, 3.05) is 0 Å². The van der Waals surface area contributed by atoms with Crippen LogP contribution in [-0.2, 0) is 4.79 Å². The molecular formula is C14H26O. The van der Waals surface area contributed by atoms with Crippen LogP contribution < -0.4 is 0 Å². The maximum atomic E-state index is 11.7. The van der Waals surface area contributed by atoms with Crippen molar-refractivity contribution >= 4 is 5.78 Å². The molecule has 1 saturated carbocycles. The third-order valence-corrected chi connectivity index (χ3v) is 3.46. The molecule has 0 heterocycles. The number of hydrogen-bond donors (Lipinski definition) is 0. The van der Waals surface area contributed by atoms with Crippen molar-refractivity contribution in [3.05, 3.63) is 0 Å². The Labute approximate surface area is 94.6 Å². The first-order valence-corrected chi connectivity index (χ1v) is 6.41. The summed E-state index contributed by atoms with van der Waals surface area (Å²) >= 11 is 0. The first-order valence-electron chi connectivity index (χ1n) is 6.41. The normalized spacial score (nSPS) is 25.5. The average Bonchev–Trinajstić information content (AvgIpc) is 1.99. The van der Waals surface area contributed by atoms with Gasteiger partial charge in [0.1, 0.15) is 5.78 Å². The Kier molecular flexibility index (Phi) is 4.36. The van der Waals surface area contributed by atoms with Gasteiger partial charge < -0.3 is 0 Å². The Hall–Kier alpha value is -0.330. The van der Waals surface area contributed by atoms with Gasteiger partial charge in [-0.15, -0.1) is 0 Å². The van der Waals surface area contributed by atoms with Crippen LogP contribution in [-0.4, -0.2) is 5.78 Å². The fourth-order valence-electron chi connectivity index (χ4n) is 2.89. The number of Topliss-reactive ketones (excluding diaryl/α,β-unsaturated/α-hetero) is 1. The second-order valence-corrected chi connectivity index (χ2v) is 6.47. The molecular weight excluding hydrogens is 184 g/mol. The highest BCUT2D eigenvalue weighted by Gasteiger charge is 2.28. The standard InChI is InChI=1S/C14H26O/c1-11(2)8-13(15)9-12-6-5-7-14(3,4)10-12/h11-12H,5-10H2,1-4H3. The zero-order chi connectivity index (χ0) is 11.5. The lowest BCUT2D eigenvalue weighted by molar-refractivity contribution is -0.121. The van der Waals surface area contributed by atoms with Gasteiger partial charge in [0.2, 0.25) is 0 Å². The number of carbonyl (C=O) groups excluding carboxylic acids is 1. The van der Waals surface area contributed by atoms with Crippen molar-refractivity contribution < 1.29 is 4.79 Å². The van der Waals surface area contributed by atoms with Crippen molar-refractivity contribution in [2.24, 2.45) is 17.3 Å². The summed E-state index contributed by atoms with van der Waals surface area (Å²) in [6.07, 6.45) is 6.77. The molecule has 0 radical (unpaired) electrons. The van der Waals surface area contributed by atoms with E-state index in [1.807, 2.05) is 0 Å². The van der Waals surface area contributed by atoms with Crippen LogP contribution in [0.3, 0.4) is 0 Å². The fraction of sp³-hybridized carbons (Fsp3) is 0.929. The summed E-state index contributed by atoms with van der Waals surface area (Å²) in [5, 5.41) is 0. The topological polar surface area (TPSA) is 17.1 Å². The molecule has 1 unspecified atom stereocenters. The van der Waals surface area contributed by atoms with E-state index < -0.39 is 0 Å². The molecule has 0 aromatic carbocycles. The van der Waals surface area contributed by atoms with Gasteiger partial charge in [0.25, 0.3) is 0 Å². The van der Waals surface area contributed by atoms with Gasteiger partial charge in [0, 0.05) is 12.8 Å². The molecule has 0 N–H and O–H groups in total. The number of ketones is 1. The predicted molar refractivity (Wildman–Crippen MR) is 64.8 cm³/mol. The molecule has 1 atom stereocenters.